The Morgan fingerprint density at radius 2 is 1.50 bits per heavy atom. The lowest BCUT2D eigenvalue weighted by molar-refractivity contribution is 0.139. The Morgan fingerprint density at radius 1 is 0.857 bits per heavy atom. The van der Waals surface area contributed by atoms with Crippen molar-refractivity contribution in [2.75, 3.05) is 6.54 Å². The van der Waals surface area contributed by atoms with Crippen LogP contribution in [0.25, 0.3) is 0 Å². The van der Waals surface area contributed by atoms with Crippen molar-refractivity contribution in [2.24, 2.45) is 5.92 Å². The van der Waals surface area contributed by atoms with Crippen molar-refractivity contribution >= 4 is 17.7 Å². The van der Waals surface area contributed by atoms with Gasteiger partial charge < -0.3 is 15.2 Å². The van der Waals surface area contributed by atoms with Crippen LogP contribution in [0, 0.1) is 12.8 Å². The van der Waals surface area contributed by atoms with Crippen LogP contribution < -0.4 is 5.32 Å². The summed E-state index contributed by atoms with van der Waals surface area (Å²) < 4.78 is 21.8. The molecule has 0 saturated heterocycles. The number of unbranched alkanes of at least 4 members (excludes halogenated alkanes) is 1. The molecule has 0 fully saturated rings. The normalized spacial score (nSPS) is 12.0. The smallest absolute Gasteiger partial charge is 0.407 e. The van der Waals surface area contributed by atoms with Gasteiger partial charge in [0.1, 0.15) is 6.61 Å². The van der Waals surface area contributed by atoms with Crippen molar-refractivity contribution < 1.29 is 23.1 Å². The van der Waals surface area contributed by atoms with Gasteiger partial charge >= 0.3 is 17.7 Å². The summed E-state index contributed by atoms with van der Waals surface area (Å²) in [4.78, 5) is 11.8. The molecule has 3 rings (SSSR count). The quantitative estimate of drug-likeness (QED) is 0.167. The van der Waals surface area contributed by atoms with Crippen molar-refractivity contribution in [1.29, 1.82) is 0 Å². The van der Waals surface area contributed by atoms with E-state index in [0.29, 0.717) is 19.1 Å². The zero-order valence-electron chi connectivity index (χ0n) is 25.3. The molecular formula is C35H47NO5S. The molecule has 1 unspecified atom stereocenters. The topological polar surface area (TPSA) is 92.7 Å². The largest absolute Gasteiger partial charge is 0.445 e. The van der Waals surface area contributed by atoms with Gasteiger partial charge in [-0.3, -0.25) is 0 Å². The Hall–Kier alpha value is -3.29. The molecule has 0 heterocycles. The number of aliphatic hydroxyl groups is 1. The third kappa shape index (κ3) is 14.1. The van der Waals surface area contributed by atoms with Gasteiger partial charge in [-0.25, -0.2) is 4.79 Å². The highest BCUT2D eigenvalue weighted by molar-refractivity contribution is 7.51. The monoisotopic (exact) mass is 593 g/mol. The van der Waals surface area contributed by atoms with Crippen LogP contribution in [0.4, 0.5) is 4.79 Å². The summed E-state index contributed by atoms with van der Waals surface area (Å²) in [6.45, 7) is 7.55. The summed E-state index contributed by atoms with van der Waals surface area (Å²) in [5.74, 6) is 0.610. The number of aliphatic hydroxyl groups excluding tert-OH is 1. The van der Waals surface area contributed by atoms with Crippen LogP contribution in [-0.2, 0) is 42.2 Å². The number of benzene rings is 3. The molecule has 0 radical (unpaired) electrons. The van der Waals surface area contributed by atoms with Crippen LogP contribution in [0.2, 0.25) is 0 Å². The maximum absolute atomic E-state index is 11.8. The highest BCUT2D eigenvalue weighted by Crippen LogP contribution is 2.25. The Balaban J connectivity index is 0.00000197. The maximum atomic E-state index is 11.8. The summed E-state index contributed by atoms with van der Waals surface area (Å²) in [5.41, 5.74) is 7.42. The van der Waals surface area contributed by atoms with Crippen molar-refractivity contribution in [3.05, 3.63) is 106 Å². The van der Waals surface area contributed by atoms with Crippen LogP contribution in [-0.4, -0.2) is 26.2 Å². The van der Waals surface area contributed by atoms with E-state index in [1.807, 2.05) is 30.3 Å². The lowest BCUT2D eigenvalue weighted by Gasteiger charge is -2.16. The molecule has 42 heavy (non-hydrogen) atoms. The van der Waals surface area contributed by atoms with Crippen molar-refractivity contribution in [2.45, 2.75) is 91.3 Å². The third-order valence-corrected chi connectivity index (χ3v) is 7.63. The van der Waals surface area contributed by atoms with Crippen LogP contribution in [0.3, 0.4) is 0 Å². The number of carbonyl (C=O) groups excluding carboxylic acids is 1. The maximum Gasteiger partial charge on any atom is 0.407 e. The molecule has 6 nitrogen and oxygen atoms in total. The van der Waals surface area contributed by atoms with E-state index in [4.69, 9.17) is 13.2 Å². The first-order valence-corrected chi connectivity index (χ1v) is 15.7. The fraction of sp³-hybridized carbons (Fsp3) is 0.457. The molecule has 0 bridgehead atoms. The average molecular weight is 594 g/mol. The van der Waals surface area contributed by atoms with E-state index in [1.54, 1.807) is 0 Å². The first-order chi connectivity index (χ1) is 20.4. The molecule has 0 aliphatic rings. The lowest BCUT2D eigenvalue weighted by Crippen LogP contribution is -2.25. The Labute approximate surface area is 255 Å². The molecule has 0 saturated carbocycles. The van der Waals surface area contributed by atoms with Crippen molar-refractivity contribution in [3.63, 3.8) is 0 Å². The van der Waals surface area contributed by atoms with Gasteiger partial charge in [0.25, 0.3) is 0 Å². The van der Waals surface area contributed by atoms with E-state index in [0.717, 1.165) is 56.1 Å². The number of rotatable bonds is 16. The van der Waals surface area contributed by atoms with Crippen molar-refractivity contribution in [3.8, 4) is 0 Å². The predicted octanol–water partition coefficient (Wildman–Crippen LogP) is 7.61. The third-order valence-electron chi connectivity index (χ3n) is 7.63. The van der Waals surface area contributed by atoms with Gasteiger partial charge in [0, 0.05) is 6.54 Å². The molecule has 1 amide bonds. The minimum absolute atomic E-state index is 0.300. The Kier molecular flexibility index (Phi) is 17.1. The molecule has 3 aromatic rings. The van der Waals surface area contributed by atoms with Gasteiger partial charge in [0.05, 0.1) is 6.10 Å². The molecule has 228 valence electrons. The number of nitrogens with one attached hydrogen (secondary N) is 1. The number of hydrogen-bond acceptors (Lipinski definition) is 5. The summed E-state index contributed by atoms with van der Waals surface area (Å²) in [6.07, 6.45) is 8.59. The molecular weight excluding hydrogens is 546 g/mol. The average Bonchev–Trinajstić information content (AvgIpc) is 3.00. The summed E-state index contributed by atoms with van der Waals surface area (Å²) >= 11 is -0.750. The second-order valence-electron chi connectivity index (χ2n) is 11.0. The minimum atomic E-state index is -0.750. The highest BCUT2D eigenvalue weighted by atomic mass is 32.1. The van der Waals surface area contributed by atoms with Crippen LogP contribution in [0.5, 0.6) is 0 Å². The molecule has 0 aliphatic carbocycles. The van der Waals surface area contributed by atoms with Gasteiger partial charge in [0.2, 0.25) is 0 Å². The van der Waals surface area contributed by atoms with E-state index in [-0.39, 0.29) is 12.2 Å². The zero-order valence-corrected chi connectivity index (χ0v) is 26.2. The lowest BCUT2D eigenvalue weighted by atomic mass is 9.92. The van der Waals surface area contributed by atoms with Gasteiger partial charge in [-0.15, -0.1) is 0 Å². The van der Waals surface area contributed by atoms with Crippen LogP contribution in [0.1, 0.15) is 91.9 Å². The van der Waals surface area contributed by atoms with Crippen molar-refractivity contribution in [1.82, 2.24) is 5.32 Å². The number of alkyl carbamates (subject to hydrolysis) is 1. The van der Waals surface area contributed by atoms with E-state index < -0.39 is 11.6 Å². The Morgan fingerprint density at radius 3 is 2.14 bits per heavy atom. The van der Waals surface area contributed by atoms with Gasteiger partial charge in [0.15, 0.2) is 0 Å². The molecule has 3 aromatic carbocycles. The standard InChI is InChI=1S/C35H47NO3.O2S/c1-4-32-25-33(22-17-28(32)3)34(37)23-16-27(2)11-10-15-30-20-18-29(19-21-30)12-8-9-24-36-35(38)39-26-31-13-6-5-7-14-31;1-3-2/h5-7,13-14,17-22,25,27,34,37H,4,8-12,15-16,23-24,26H2,1-3H3,(H,36,38);/t27?,34-;/m0./s1. The molecule has 2 N–H and O–H groups in total. The number of carbonyl (C=O) groups is 1. The highest BCUT2D eigenvalue weighted by Gasteiger charge is 2.12. The SMILES string of the molecule is CCc1cc([C@@H](O)CCC(C)CCCc2ccc(CCCCNC(=O)OCc3ccccc3)cc2)ccc1C.O=S=O. The second kappa shape index (κ2) is 20.6. The van der Waals surface area contributed by atoms with E-state index in [1.165, 1.54) is 35.1 Å². The van der Waals surface area contributed by atoms with Gasteiger partial charge in [-0.1, -0.05) is 93.1 Å². The van der Waals surface area contributed by atoms with E-state index in [9.17, 15) is 9.90 Å². The summed E-state index contributed by atoms with van der Waals surface area (Å²) in [6, 6.07) is 25.1. The second-order valence-corrected chi connectivity index (χ2v) is 11.1. The number of aryl methyl sites for hydroxylation is 4. The molecule has 7 heteroatoms. The van der Waals surface area contributed by atoms with E-state index >= 15 is 0 Å². The van der Waals surface area contributed by atoms with Crippen LogP contribution in [0.15, 0.2) is 72.8 Å². The molecule has 0 aliphatic heterocycles. The predicted molar refractivity (Wildman–Crippen MR) is 170 cm³/mol. The first kappa shape index (κ1) is 34.9. The summed E-state index contributed by atoms with van der Waals surface area (Å²) in [7, 11) is 0. The minimum Gasteiger partial charge on any atom is -0.445 e. The molecule has 2 atom stereocenters. The van der Waals surface area contributed by atoms with Gasteiger partial charge in [-0.2, -0.15) is 8.42 Å². The van der Waals surface area contributed by atoms with Crippen LogP contribution >= 0.6 is 0 Å². The number of ether oxygens (including phenoxy) is 1. The fourth-order valence-corrected chi connectivity index (χ4v) is 4.98. The first-order valence-electron chi connectivity index (χ1n) is 15.1. The molecule has 0 spiro atoms. The Bertz CT molecular complexity index is 1210. The van der Waals surface area contributed by atoms with E-state index in [2.05, 4.69) is 68.6 Å². The number of hydrogen-bond donors (Lipinski definition) is 2. The number of amides is 1. The van der Waals surface area contributed by atoms with Gasteiger partial charge in [-0.05, 0) is 97.6 Å². The summed E-state index contributed by atoms with van der Waals surface area (Å²) in [5, 5.41) is 13.5. The zero-order chi connectivity index (χ0) is 30.6. The fourth-order valence-electron chi connectivity index (χ4n) is 4.98. The molecule has 0 aromatic heterocycles.